The lowest BCUT2D eigenvalue weighted by molar-refractivity contribution is 1.11. The number of thioether (sulfide) groups is 2. The molecule has 0 unspecified atom stereocenters. The van der Waals surface area contributed by atoms with Crippen LogP contribution in [-0.4, -0.2) is 23.8 Å². The van der Waals surface area contributed by atoms with Gasteiger partial charge in [0.05, 0.1) is 4.21 Å². The van der Waals surface area contributed by atoms with Gasteiger partial charge in [0.25, 0.3) is 0 Å². The second-order valence-corrected chi connectivity index (χ2v) is 13.8. The van der Waals surface area contributed by atoms with Crippen molar-refractivity contribution in [2.75, 3.05) is 11.5 Å². The summed E-state index contributed by atoms with van der Waals surface area (Å²) in [5.41, 5.74) is 0. The van der Waals surface area contributed by atoms with Gasteiger partial charge in [0, 0.05) is 0 Å². The van der Waals surface area contributed by atoms with E-state index in [1.54, 1.807) is 0 Å². The van der Waals surface area contributed by atoms with Gasteiger partial charge in [0.1, 0.15) is 0 Å². The maximum atomic E-state index is 2.36. The Morgan fingerprint density at radius 2 is 0.920 bits per heavy atom. The van der Waals surface area contributed by atoms with Crippen molar-refractivity contribution >= 4 is 47.2 Å². The summed E-state index contributed by atoms with van der Waals surface area (Å²) in [6.45, 7) is 0. The molecule has 0 nitrogen and oxygen atoms in total. The Labute approximate surface area is 160 Å². The second kappa shape index (κ2) is 7.86. The molecular formula is C22H22S2Si. The fourth-order valence-electron chi connectivity index (χ4n) is 3.75. The Morgan fingerprint density at radius 3 is 1.28 bits per heavy atom. The van der Waals surface area contributed by atoms with Crippen LogP contribution in [0.1, 0.15) is 6.42 Å². The molecular weight excluding hydrogens is 356 g/mol. The van der Waals surface area contributed by atoms with Gasteiger partial charge < -0.3 is 0 Å². The Kier molecular flexibility index (Phi) is 5.35. The van der Waals surface area contributed by atoms with Crippen LogP contribution in [0.4, 0.5) is 0 Å². The molecule has 1 aliphatic rings. The first-order valence-corrected chi connectivity index (χ1v) is 13.0. The molecule has 0 amide bonds. The quantitative estimate of drug-likeness (QED) is 0.499. The average Bonchev–Trinajstić information content (AvgIpc) is 2.72. The van der Waals surface area contributed by atoms with Crippen LogP contribution in [-0.2, 0) is 0 Å². The predicted octanol–water partition coefficient (Wildman–Crippen LogP) is 3.89. The highest BCUT2D eigenvalue weighted by molar-refractivity contribution is 8.20. The van der Waals surface area contributed by atoms with Gasteiger partial charge in [-0.15, -0.1) is 23.5 Å². The van der Waals surface area contributed by atoms with E-state index in [2.05, 4.69) is 115 Å². The number of rotatable bonds is 4. The first kappa shape index (κ1) is 17.0. The molecule has 1 heterocycles. The molecule has 0 aliphatic carbocycles. The zero-order valence-corrected chi connectivity index (χ0v) is 16.8. The van der Waals surface area contributed by atoms with E-state index >= 15 is 0 Å². The second-order valence-electron chi connectivity index (χ2n) is 6.33. The molecule has 3 heteroatoms. The summed E-state index contributed by atoms with van der Waals surface area (Å²) < 4.78 is 0.619. The van der Waals surface area contributed by atoms with E-state index in [-0.39, 0.29) is 0 Å². The Bertz CT molecular complexity index is 687. The summed E-state index contributed by atoms with van der Waals surface area (Å²) in [6.07, 6.45) is 1.33. The van der Waals surface area contributed by atoms with Gasteiger partial charge in [-0.05, 0) is 33.5 Å². The first-order chi connectivity index (χ1) is 12.4. The maximum Gasteiger partial charge on any atom is 0.171 e. The zero-order chi connectivity index (χ0) is 17.0. The normalized spacial score (nSPS) is 15.8. The molecule has 0 radical (unpaired) electrons. The summed E-state index contributed by atoms with van der Waals surface area (Å²) >= 11 is 4.36. The molecule has 0 saturated carbocycles. The smallest absolute Gasteiger partial charge is 0.150 e. The van der Waals surface area contributed by atoms with E-state index in [4.69, 9.17) is 0 Å². The molecule has 0 atom stereocenters. The molecule has 1 aliphatic heterocycles. The molecule has 0 aromatic heterocycles. The molecule has 126 valence electrons. The molecule has 0 bridgehead atoms. The lowest BCUT2D eigenvalue weighted by Gasteiger charge is -2.41. The molecule has 3 aromatic carbocycles. The highest BCUT2D eigenvalue weighted by atomic mass is 32.2. The van der Waals surface area contributed by atoms with E-state index in [0.717, 1.165) is 0 Å². The molecule has 0 N–H and O–H groups in total. The van der Waals surface area contributed by atoms with Crippen molar-refractivity contribution < 1.29 is 0 Å². The van der Waals surface area contributed by atoms with Crippen LogP contribution in [0.5, 0.6) is 0 Å². The Balaban J connectivity index is 2.01. The van der Waals surface area contributed by atoms with Crippen LogP contribution < -0.4 is 15.6 Å². The summed E-state index contributed by atoms with van der Waals surface area (Å²) in [5, 5.41) is 4.58. The first-order valence-electron chi connectivity index (χ1n) is 8.82. The molecule has 1 saturated heterocycles. The van der Waals surface area contributed by atoms with Crippen molar-refractivity contribution in [2.24, 2.45) is 0 Å². The van der Waals surface area contributed by atoms with Crippen LogP contribution in [0, 0.1) is 0 Å². The molecule has 0 spiro atoms. The fraction of sp³-hybridized carbons (Fsp3) is 0.182. The molecule has 1 fully saturated rings. The van der Waals surface area contributed by atoms with Crippen LogP contribution in [0.2, 0.25) is 0 Å². The maximum absolute atomic E-state index is 2.36. The van der Waals surface area contributed by atoms with Crippen molar-refractivity contribution in [1.82, 2.24) is 0 Å². The van der Waals surface area contributed by atoms with Gasteiger partial charge in [-0.3, -0.25) is 0 Å². The van der Waals surface area contributed by atoms with E-state index in [0.29, 0.717) is 4.21 Å². The average molecular weight is 379 g/mol. The molecule has 4 rings (SSSR count). The minimum absolute atomic E-state index is 0.619. The molecule has 25 heavy (non-hydrogen) atoms. The van der Waals surface area contributed by atoms with Gasteiger partial charge in [-0.25, -0.2) is 0 Å². The highest BCUT2D eigenvalue weighted by Crippen LogP contribution is 2.37. The third-order valence-electron chi connectivity index (χ3n) is 4.87. The van der Waals surface area contributed by atoms with Gasteiger partial charge in [-0.1, -0.05) is 91.0 Å². The minimum atomic E-state index is -2.10. The van der Waals surface area contributed by atoms with E-state index in [1.165, 1.54) is 33.5 Å². The van der Waals surface area contributed by atoms with E-state index in [1.807, 2.05) is 0 Å². The lowest BCUT2D eigenvalue weighted by atomic mass is 10.3. The van der Waals surface area contributed by atoms with Gasteiger partial charge in [0.15, 0.2) is 8.07 Å². The van der Waals surface area contributed by atoms with E-state index < -0.39 is 8.07 Å². The lowest BCUT2D eigenvalue weighted by Crippen LogP contribution is -2.73. The molecule has 3 aromatic rings. The zero-order valence-electron chi connectivity index (χ0n) is 14.2. The minimum Gasteiger partial charge on any atom is -0.150 e. The van der Waals surface area contributed by atoms with Crippen molar-refractivity contribution in [3.63, 3.8) is 0 Å². The van der Waals surface area contributed by atoms with Crippen LogP contribution in [0.15, 0.2) is 91.0 Å². The number of hydrogen-bond acceptors (Lipinski definition) is 2. The van der Waals surface area contributed by atoms with Crippen LogP contribution >= 0.6 is 23.5 Å². The SMILES string of the molecule is c1ccc([Si](c2ccccc2)(c2ccccc2)C2SCCCS2)cc1. The van der Waals surface area contributed by atoms with Crippen molar-refractivity contribution in [1.29, 1.82) is 0 Å². The van der Waals surface area contributed by atoms with Crippen molar-refractivity contribution in [2.45, 2.75) is 10.6 Å². The van der Waals surface area contributed by atoms with E-state index in [9.17, 15) is 0 Å². The standard InChI is InChI=1S/C22H22S2Si/c1-4-11-19(12-5-1)25(20-13-6-2-7-14-20,21-15-8-3-9-16-21)22-23-17-10-18-24-22/h1-9,11-16,22H,10,17-18H2. The third-order valence-corrected chi connectivity index (χ3v) is 14.9. The number of hydrogen-bond donors (Lipinski definition) is 0. The summed E-state index contributed by atoms with van der Waals surface area (Å²) in [6, 6.07) is 33.9. The Morgan fingerprint density at radius 1 is 0.560 bits per heavy atom. The third kappa shape index (κ3) is 3.21. The fourth-order valence-corrected chi connectivity index (χ4v) is 15.1. The summed E-state index contributed by atoms with van der Waals surface area (Å²) in [5.74, 6) is 2.55. The predicted molar refractivity (Wildman–Crippen MR) is 117 cm³/mol. The summed E-state index contributed by atoms with van der Waals surface area (Å²) in [4.78, 5) is 0. The Hall–Kier alpha value is -1.42. The van der Waals surface area contributed by atoms with Crippen molar-refractivity contribution in [3.05, 3.63) is 91.0 Å². The van der Waals surface area contributed by atoms with Crippen molar-refractivity contribution in [3.8, 4) is 0 Å². The van der Waals surface area contributed by atoms with Crippen LogP contribution in [0.3, 0.4) is 0 Å². The topological polar surface area (TPSA) is 0 Å². The van der Waals surface area contributed by atoms with Gasteiger partial charge in [-0.2, -0.15) is 0 Å². The monoisotopic (exact) mass is 378 g/mol. The van der Waals surface area contributed by atoms with Crippen LogP contribution in [0.25, 0.3) is 0 Å². The largest absolute Gasteiger partial charge is 0.171 e. The highest BCUT2D eigenvalue weighted by Gasteiger charge is 2.47. The van der Waals surface area contributed by atoms with Gasteiger partial charge in [0.2, 0.25) is 0 Å². The van der Waals surface area contributed by atoms with Gasteiger partial charge >= 0.3 is 0 Å². The summed E-state index contributed by atoms with van der Waals surface area (Å²) in [7, 11) is -2.10. The number of benzene rings is 3.